The van der Waals surface area contributed by atoms with E-state index in [4.69, 9.17) is 5.73 Å². The van der Waals surface area contributed by atoms with Crippen LogP contribution in [0.5, 0.6) is 0 Å². The molecule has 1 amide bonds. The standard InChI is InChI=1S/C14H15N3O3S/c1-9(10-5-6-21-8-10)7-16-14(18)13-11(15)3-2-4-12(13)17(19)20/h2-6,8-9H,7,15H2,1H3,(H,16,18)/t9-/m0/s1. The van der Waals surface area contributed by atoms with Gasteiger partial charge in [-0.1, -0.05) is 13.0 Å². The lowest BCUT2D eigenvalue weighted by Gasteiger charge is -2.12. The molecule has 0 bridgehead atoms. The average Bonchev–Trinajstić information content (AvgIpc) is 2.98. The zero-order valence-corrected chi connectivity index (χ0v) is 12.2. The fourth-order valence-corrected chi connectivity index (χ4v) is 2.75. The minimum absolute atomic E-state index is 0.0833. The molecular formula is C14H15N3O3S. The van der Waals surface area contributed by atoms with Crippen molar-refractivity contribution in [1.82, 2.24) is 5.32 Å². The number of rotatable bonds is 5. The lowest BCUT2D eigenvalue weighted by Crippen LogP contribution is -2.28. The Bertz CT molecular complexity index is 655. The third kappa shape index (κ3) is 3.38. The maximum Gasteiger partial charge on any atom is 0.284 e. The van der Waals surface area contributed by atoms with Crippen LogP contribution in [-0.4, -0.2) is 17.4 Å². The summed E-state index contributed by atoms with van der Waals surface area (Å²) in [5, 5.41) is 17.7. The molecular weight excluding hydrogens is 290 g/mol. The highest BCUT2D eigenvalue weighted by molar-refractivity contribution is 7.07. The van der Waals surface area contributed by atoms with Crippen LogP contribution in [0.3, 0.4) is 0 Å². The van der Waals surface area contributed by atoms with Crippen molar-refractivity contribution >= 4 is 28.6 Å². The van der Waals surface area contributed by atoms with Gasteiger partial charge < -0.3 is 11.1 Å². The Morgan fingerprint density at radius 3 is 2.86 bits per heavy atom. The van der Waals surface area contributed by atoms with E-state index in [-0.39, 0.29) is 22.9 Å². The van der Waals surface area contributed by atoms with E-state index in [1.807, 2.05) is 23.8 Å². The van der Waals surface area contributed by atoms with Crippen LogP contribution in [-0.2, 0) is 0 Å². The molecule has 1 heterocycles. The SMILES string of the molecule is C[C@@H](CNC(=O)c1c(N)cccc1[N+](=O)[O-])c1ccsc1. The first-order valence-corrected chi connectivity index (χ1v) is 7.28. The topological polar surface area (TPSA) is 98.3 Å². The van der Waals surface area contributed by atoms with Crippen molar-refractivity contribution in [2.75, 3.05) is 12.3 Å². The molecule has 2 rings (SSSR count). The van der Waals surface area contributed by atoms with Gasteiger partial charge in [0.2, 0.25) is 0 Å². The minimum Gasteiger partial charge on any atom is -0.398 e. The van der Waals surface area contributed by atoms with Crippen molar-refractivity contribution in [1.29, 1.82) is 0 Å². The van der Waals surface area contributed by atoms with E-state index in [0.717, 1.165) is 5.56 Å². The number of amides is 1. The van der Waals surface area contributed by atoms with Crippen LogP contribution >= 0.6 is 11.3 Å². The summed E-state index contributed by atoms with van der Waals surface area (Å²) in [6.07, 6.45) is 0. The Morgan fingerprint density at radius 1 is 1.48 bits per heavy atom. The molecule has 0 unspecified atom stereocenters. The molecule has 0 saturated heterocycles. The number of nitrogen functional groups attached to an aromatic ring is 1. The summed E-state index contributed by atoms with van der Waals surface area (Å²) in [5.41, 5.74) is 6.56. The molecule has 21 heavy (non-hydrogen) atoms. The molecule has 0 aliphatic carbocycles. The lowest BCUT2D eigenvalue weighted by atomic mass is 10.0. The van der Waals surface area contributed by atoms with E-state index in [9.17, 15) is 14.9 Å². The van der Waals surface area contributed by atoms with Crippen LogP contribution in [0.1, 0.15) is 28.8 Å². The van der Waals surface area contributed by atoms with Crippen LogP contribution in [0.25, 0.3) is 0 Å². The summed E-state index contributed by atoms with van der Waals surface area (Å²) in [5.74, 6) is -0.397. The van der Waals surface area contributed by atoms with Gasteiger partial charge >= 0.3 is 0 Å². The fourth-order valence-electron chi connectivity index (χ4n) is 1.96. The molecule has 0 radical (unpaired) electrons. The number of nitro groups is 1. The zero-order chi connectivity index (χ0) is 15.4. The van der Waals surface area contributed by atoms with E-state index in [2.05, 4.69) is 5.32 Å². The Balaban J connectivity index is 2.12. The largest absolute Gasteiger partial charge is 0.398 e. The van der Waals surface area contributed by atoms with Crippen LogP contribution < -0.4 is 11.1 Å². The number of hydrogen-bond acceptors (Lipinski definition) is 5. The van der Waals surface area contributed by atoms with Gasteiger partial charge in [-0.05, 0) is 34.4 Å². The van der Waals surface area contributed by atoms with E-state index in [1.54, 1.807) is 11.3 Å². The fraction of sp³-hybridized carbons (Fsp3) is 0.214. The van der Waals surface area contributed by atoms with E-state index >= 15 is 0 Å². The minimum atomic E-state index is -0.604. The van der Waals surface area contributed by atoms with Crippen molar-refractivity contribution in [2.45, 2.75) is 12.8 Å². The predicted molar refractivity (Wildman–Crippen MR) is 82.6 cm³/mol. The molecule has 3 N–H and O–H groups in total. The second-order valence-electron chi connectivity index (χ2n) is 4.67. The third-order valence-corrected chi connectivity index (χ3v) is 3.88. The Morgan fingerprint density at radius 2 is 2.24 bits per heavy atom. The van der Waals surface area contributed by atoms with Gasteiger partial charge in [0, 0.05) is 12.6 Å². The molecule has 7 heteroatoms. The van der Waals surface area contributed by atoms with Crippen molar-refractivity contribution in [3.63, 3.8) is 0 Å². The van der Waals surface area contributed by atoms with E-state index in [1.165, 1.54) is 18.2 Å². The average molecular weight is 305 g/mol. The zero-order valence-electron chi connectivity index (χ0n) is 11.4. The van der Waals surface area contributed by atoms with Crippen molar-refractivity contribution in [3.8, 4) is 0 Å². The highest BCUT2D eigenvalue weighted by Crippen LogP contribution is 2.24. The van der Waals surface area contributed by atoms with Gasteiger partial charge in [-0.25, -0.2) is 0 Å². The number of anilines is 1. The molecule has 110 valence electrons. The molecule has 2 aromatic rings. The second kappa shape index (κ2) is 6.36. The van der Waals surface area contributed by atoms with Crippen molar-refractivity contribution in [2.24, 2.45) is 0 Å². The molecule has 0 saturated carbocycles. The molecule has 0 fully saturated rings. The second-order valence-corrected chi connectivity index (χ2v) is 5.45. The number of nitro benzene ring substituents is 1. The van der Waals surface area contributed by atoms with Gasteiger partial charge in [0.15, 0.2) is 0 Å². The van der Waals surface area contributed by atoms with E-state index in [0.29, 0.717) is 6.54 Å². The number of nitrogens with zero attached hydrogens (tertiary/aromatic N) is 1. The summed E-state index contributed by atoms with van der Waals surface area (Å²) in [4.78, 5) is 22.5. The van der Waals surface area contributed by atoms with Gasteiger partial charge in [-0.2, -0.15) is 11.3 Å². The number of nitrogens with two attached hydrogens (primary N) is 1. The van der Waals surface area contributed by atoms with Gasteiger partial charge in [0.05, 0.1) is 10.6 Å². The smallest absolute Gasteiger partial charge is 0.284 e. The highest BCUT2D eigenvalue weighted by atomic mass is 32.1. The molecule has 1 aromatic carbocycles. The quantitative estimate of drug-likeness (QED) is 0.504. The Hall–Kier alpha value is -2.41. The number of carbonyl (C=O) groups excluding carboxylic acids is 1. The molecule has 1 aromatic heterocycles. The lowest BCUT2D eigenvalue weighted by molar-refractivity contribution is -0.385. The molecule has 0 aliphatic heterocycles. The van der Waals surface area contributed by atoms with Gasteiger partial charge in [0.25, 0.3) is 11.6 Å². The van der Waals surface area contributed by atoms with Gasteiger partial charge in [-0.3, -0.25) is 14.9 Å². The first kappa shape index (κ1) is 15.0. The molecule has 1 atom stereocenters. The van der Waals surface area contributed by atoms with Crippen molar-refractivity contribution < 1.29 is 9.72 Å². The van der Waals surface area contributed by atoms with Crippen LogP contribution in [0.15, 0.2) is 35.0 Å². The maximum atomic E-state index is 12.2. The van der Waals surface area contributed by atoms with Gasteiger partial charge in [-0.15, -0.1) is 0 Å². The summed E-state index contributed by atoms with van der Waals surface area (Å²) in [6.45, 7) is 2.37. The first-order valence-electron chi connectivity index (χ1n) is 6.34. The monoisotopic (exact) mass is 305 g/mol. The Kier molecular flexibility index (Phi) is 4.54. The summed E-state index contributed by atoms with van der Waals surface area (Å²) in [6, 6.07) is 6.19. The molecule has 6 nitrogen and oxygen atoms in total. The normalized spacial score (nSPS) is 11.9. The highest BCUT2D eigenvalue weighted by Gasteiger charge is 2.23. The van der Waals surface area contributed by atoms with Crippen molar-refractivity contribution in [3.05, 3.63) is 56.3 Å². The van der Waals surface area contributed by atoms with Gasteiger partial charge in [0.1, 0.15) is 5.56 Å². The first-order chi connectivity index (χ1) is 10.0. The summed E-state index contributed by atoms with van der Waals surface area (Å²) >= 11 is 1.59. The molecule has 0 spiro atoms. The van der Waals surface area contributed by atoms with E-state index < -0.39 is 10.8 Å². The summed E-state index contributed by atoms with van der Waals surface area (Å²) < 4.78 is 0. The number of thiophene rings is 1. The predicted octanol–water partition coefficient (Wildman–Crippen LogP) is 2.77. The van der Waals surface area contributed by atoms with Crippen LogP contribution in [0.4, 0.5) is 11.4 Å². The number of hydrogen-bond donors (Lipinski definition) is 2. The van der Waals surface area contributed by atoms with Crippen LogP contribution in [0, 0.1) is 10.1 Å². The maximum absolute atomic E-state index is 12.2. The third-order valence-electron chi connectivity index (χ3n) is 3.18. The number of carbonyl (C=O) groups is 1. The summed E-state index contributed by atoms with van der Waals surface area (Å²) in [7, 11) is 0. The number of benzene rings is 1. The number of nitrogens with one attached hydrogen (secondary N) is 1. The molecule has 0 aliphatic rings. The van der Waals surface area contributed by atoms with Crippen LogP contribution in [0.2, 0.25) is 0 Å². The Labute approximate surface area is 125 Å².